The number of hydrogen-bond donors (Lipinski definition) is 6. The number of aliphatic hydroxyl groups is 4. The Balaban J connectivity index is -0.000000210. The first kappa shape index (κ1) is 75.3. The fourth-order valence-corrected chi connectivity index (χ4v) is 4.82. The van der Waals surface area contributed by atoms with E-state index < -0.39 is 55.6 Å². The second-order valence-corrected chi connectivity index (χ2v) is 11.2. The van der Waals surface area contributed by atoms with E-state index in [4.69, 9.17) is 27.0 Å². The Morgan fingerprint density at radius 3 is 1.96 bits per heavy atom. The van der Waals surface area contributed by atoms with E-state index in [1.165, 1.54) is 0 Å². The van der Waals surface area contributed by atoms with Crippen molar-refractivity contribution in [3.63, 3.8) is 0 Å². The molecule has 1 aliphatic heterocycles. The summed E-state index contributed by atoms with van der Waals surface area (Å²) in [7, 11) is 2.22. The number of likely N-dealkylation sites (N-methyl/N-ethyl adjacent to an activating group) is 1. The monoisotopic (exact) mass is 881 g/mol. The van der Waals surface area contributed by atoms with Crippen LogP contribution >= 0.6 is 11.8 Å². The zero-order valence-electron chi connectivity index (χ0n) is 27.5. The topological polar surface area (TPSA) is 261 Å². The normalized spacial score (nSPS) is 19.5. The Morgan fingerprint density at radius 2 is 1.49 bits per heavy atom. The van der Waals surface area contributed by atoms with Crippen LogP contribution in [0.4, 0.5) is 0 Å². The van der Waals surface area contributed by atoms with Crippen LogP contribution in [0.15, 0.2) is 4.51 Å². The minimum Gasteiger partial charge on any atom is -1.00 e. The molecule has 15 nitrogen and oxygen atoms in total. The van der Waals surface area contributed by atoms with Crippen molar-refractivity contribution < 1.29 is 87.8 Å². The summed E-state index contributed by atoms with van der Waals surface area (Å²) in [5.41, 5.74) is 5.47. The summed E-state index contributed by atoms with van der Waals surface area (Å²) in [6.45, 7) is 7.00. The molecule has 0 unspecified atom stereocenters. The molecule has 1 aliphatic rings. The number of hydrogen-bond acceptors (Lipinski definition) is 9. The van der Waals surface area contributed by atoms with Crippen LogP contribution in [0.1, 0.15) is 102 Å². The molecule has 0 radical (unpaired) electrons. The van der Waals surface area contributed by atoms with Crippen LogP contribution in [0.25, 0.3) is 5.32 Å². The largest absolute Gasteiger partial charge is 1.00 e. The van der Waals surface area contributed by atoms with Gasteiger partial charge in [-0.25, -0.2) is 0 Å². The minimum absolute atomic E-state index is 0. The number of nitrogens with one attached hydrogen (secondary N) is 1. The van der Waals surface area contributed by atoms with Gasteiger partial charge in [-0.05, 0) is 32.2 Å². The molecule has 1 amide bonds. The van der Waals surface area contributed by atoms with Crippen LogP contribution in [0, 0.1) is 13.3 Å². The van der Waals surface area contributed by atoms with Crippen LogP contribution in [0.2, 0.25) is 0 Å². The zero-order chi connectivity index (χ0) is 30.8. The van der Waals surface area contributed by atoms with Crippen LogP contribution in [0.3, 0.4) is 0 Å². The number of ether oxygens (including phenoxy) is 2. The summed E-state index contributed by atoms with van der Waals surface area (Å²) in [5.74, 6) is -1.24. The first-order valence-electron chi connectivity index (χ1n) is 14.7. The second kappa shape index (κ2) is 42.0. The molecule has 0 spiro atoms. The Bertz CT molecular complexity index is 803. The predicted molar refractivity (Wildman–Crippen MR) is 203 cm³/mol. The average molecular weight is 883 g/mol. The maximum atomic E-state index is 13.2. The molecular formula is C33H79Cl2N5O10Pd-2. The molecule has 11 N–H and O–H groups in total. The molecule has 51 heavy (non-hydrogen) atoms. The van der Waals surface area contributed by atoms with Gasteiger partial charge in [0.05, 0.1) is 39.8 Å². The van der Waals surface area contributed by atoms with E-state index in [9.17, 15) is 30.0 Å². The SMILES string of the molecule is C.C.C.C.C.CCCC[N+](C)(CCCC)CCNC(=O)[C@H](CCCC[N-]C(N)=NCl)CC(=O)CO[C@@H]1O[C@@H](CO)[C@H](O)[C@@H](O)[C@H]1O.O.O.[CH3-].[Cl-].[Pd]. The van der Waals surface area contributed by atoms with E-state index >= 15 is 0 Å². The summed E-state index contributed by atoms with van der Waals surface area (Å²) < 4.78 is 14.8. The van der Waals surface area contributed by atoms with Gasteiger partial charge in [0, 0.05) is 38.7 Å². The molecule has 1 fully saturated rings. The fraction of sp³-hybridized carbons (Fsp3) is 0.879. The standard InChI is InChI=1S/C27H52ClN5O8.5CH4.CH3.ClH.2H2O.Pd/c1-4-6-13-33(3,14-7-5-2)15-12-30-25(39)19(10-8-9-11-31-27(29)32-28)16-20(35)18-40-26-24(38)23(37)22(36)21(17-34)41-26;;;;;;;;;;/h19,21-24,26,34,36-38H,4-18H2,1-3H3,(H3-,29,30,31,32,39);5*1H4;1H3;1H;2*1H2;/q;;;;;;-1;;;;/p-1/t19-,21+,22+,23-,24-,26-;;;;;;;;;;/m1........../s1. The number of quaternary nitrogens is 1. The molecule has 0 aromatic heterocycles. The van der Waals surface area contributed by atoms with E-state index in [1.807, 2.05) is 0 Å². The molecular weight excluding hydrogens is 804 g/mol. The van der Waals surface area contributed by atoms with Gasteiger partial charge in [0.25, 0.3) is 0 Å². The Labute approximate surface area is 336 Å². The van der Waals surface area contributed by atoms with E-state index in [1.54, 1.807) is 0 Å². The summed E-state index contributed by atoms with van der Waals surface area (Å²) in [6, 6.07) is 0. The van der Waals surface area contributed by atoms with Gasteiger partial charge in [-0.3, -0.25) is 9.59 Å². The first-order chi connectivity index (χ1) is 19.5. The quantitative estimate of drug-likeness (QED) is 0.0217. The zero-order valence-corrected chi connectivity index (χ0v) is 30.6. The van der Waals surface area contributed by atoms with Crippen molar-refractivity contribution in [2.45, 2.75) is 133 Å². The smallest absolute Gasteiger partial charge is 0.223 e. The molecule has 0 bridgehead atoms. The summed E-state index contributed by atoms with van der Waals surface area (Å²) in [6.07, 6.45) is -1.29. The van der Waals surface area contributed by atoms with Crippen molar-refractivity contribution in [1.82, 2.24) is 5.32 Å². The molecule has 0 aromatic carbocycles. The summed E-state index contributed by atoms with van der Waals surface area (Å²) in [4.78, 5) is 26.0. The van der Waals surface area contributed by atoms with E-state index in [0.717, 1.165) is 49.8 Å². The molecule has 0 saturated carbocycles. The van der Waals surface area contributed by atoms with Crippen molar-refractivity contribution in [1.29, 1.82) is 0 Å². The Morgan fingerprint density at radius 1 is 0.961 bits per heavy atom. The number of carbonyl (C=O) groups is 2. The maximum absolute atomic E-state index is 13.2. The van der Waals surface area contributed by atoms with Crippen molar-refractivity contribution in [3.05, 3.63) is 12.7 Å². The predicted octanol–water partition coefficient (Wildman–Crippen LogP) is -0.463. The number of nitrogens with two attached hydrogens (primary N) is 1. The molecule has 0 aromatic rings. The van der Waals surface area contributed by atoms with Crippen LogP contribution < -0.4 is 23.5 Å². The number of Topliss-reactive ketones (excluding diaryl/α,β-unsaturated/α-hetero) is 1. The van der Waals surface area contributed by atoms with Gasteiger partial charge in [-0.15, -0.1) is 0 Å². The van der Waals surface area contributed by atoms with Crippen LogP contribution in [0.5, 0.6) is 0 Å². The Kier molecular flexibility index (Phi) is 62.0. The van der Waals surface area contributed by atoms with Gasteiger partial charge in [-0.2, -0.15) is 0 Å². The molecule has 1 saturated heterocycles. The number of halogens is 2. The number of nitrogens with zero attached hydrogens (tertiary/aromatic N) is 3. The number of aliphatic hydroxyl groups excluding tert-OH is 4. The molecule has 1 rings (SSSR count). The van der Waals surface area contributed by atoms with Gasteiger partial charge >= 0.3 is 0 Å². The number of amides is 1. The minimum atomic E-state index is -1.61. The number of rotatable bonds is 21. The van der Waals surface area contributed by atoms with Crippen LogP contribution in [-0.2, 0) is 39.5 Å². The number of ketones is 1. The third-order valence-corrected chi connectivity index (χ3v) is 7.65. The van der Waals surface area contributed by atoms with Crippen molar-refractivity contribution in [2.75, 3.05) is 53.0 Å². The van der Waals surface area contributed by atoms with Gasteiger partial charge in [-0.1, -0.05) is 82.0 Å². The molecule has 0 aliphatic carbocycles. The Hall–Kier alpha value is -0.708. The van der Waals surface area contributed by atoms with Crippen molar-refractivity contribution >= 4 is 29.4 Å². The average Bonchev–Trinajstić information content (AvgIpc) is 2.96. The summed E-state index contributed by atoms with van der Waals surface area (Å²) in [5, 5.41) is 46.4. The van der Waals surface area contributed by atoms with E-state index in [0.29, 0.717) is 32.4 Å². The van der Waals surface area contributed by atoms with E-state index in [-0.39, 0.29) is 107 Å². The molecule has 322 valence electrons. The van der Waals surface area contributed by atoms with Crippen molar-refractivity contribution in [3.8, 4) is 0 Å². The van der Waals surface area contributed by atoms with Gasteiger partial charge in [0.1, 0.15) is 31.0 Å². The van der Waals surface area contributed by atoms with Gasteiger partial charge < -0.3 is 86.0 Å². The van der Waals surface area contributed by atoms with Gasteiger partial charge in [0.2, 0.25) is 5.91 Å². The summed E-state index contributed by atoms with van der Waals surface area (Å²) >= 11 is 5.28. The van der Waals surface area contributed by atoms with Crippen LogP contribution in [-0.4, -0.2) is 137 Å². The maximum Gasteiger partial charge on any atom is 0.223 e. The third kappa shape index (κ3) is 29.3. The molecule has 1 heterocycles. The molecule has 6 atom stereocenters. The van der Waals surface area contributed by atoms with Gasteiger partial charge in [0.15, 0.2) is 12.1 Å². The second-order valence-electron chi connectivity index (χ2n) is 11.1. The van der Waals surface area contributed by atoms with Crippen molar-refractivity contribution in [2.24, 2.45) is 16.2 Å². The third-order valence-electron chi connectivity index (χ3n) is 7.48. The van der Waals surface area contributed by atoms with E-state index in [2.05, 4.69) is 36.0 Å². The number of carbonyl (C=O) groups excluding carboxylic acids is 2. The number of unbranched alkanes of at least 4 members (excludes halogenated alkanes) is 3. The number of guanidine groups is 1. The first-order valence-corrected chi connectivity index (χ1v) is 15.0. The molecule has 18 heteroatoms. The fourth-order valence-electron chi connectivity index (χ4n) is 4.77.